The van der Waals surface area contributed by atoms with E-state index < -0.39 is 0 Å². The maximum absolute atomic E-state index is 13.3. The van der Waals surface area contributed by atoms with Crippen LogP contribution in [-0.2, 0) is 0 Å². The number of anilines is 1. The van der Waals surface area contributed by atoms with Gasteiger partial charge in [0.1, 0.15) is 5.56 Å². The molecule has 0 atom stereocenters. The minimum Gasteiger partial charge on any atom is -0.368 e. The number of carbonyl (C=O) groups excluding carboxylic acids is 1. The van der Waals surface area contributed by atoms with Crippen LogP contribution in [0.5, 0.6) is 0 Å². The third kappa shape index (κ3) is 4.18. The number of carbonyl (C=O) groups is 1. The quantitative estimate of drug-likeness (QED) is 0.424. The van der Waals surface area contributed by atoms with Crippen molar-refractivity contribution in [2.75, 3.05) is 31.1 Å². The highest BCUT2D eigenvalue weighted by molar-refractivity contribution is 6.30. The third-order valence-electron chi connectivity index (χ3n) is 6.26. The van der Waals surface area contributed by atoms with Gasteiger partial charge in [0.05, 0.1) is 11.9 Å². The Morgan fingerprint density at radius 3 is 2.30 bits per heavy atom. The van der Waals surface area contributed by atoms with E-state index >= 15 is 0 Å². The molecule has 1 aliphatic rings. The fourth-order valence-electron chi connectivity index (χ4n) is 4.29. The number of amides is 1. The molecule has 2 aromatic carbocycles. The Bertz CT molecular complexity index is 1270. The first-order valence-electron chi connectivity index (χ1n) is 11.2. The minimum absolute atomic E-state index is 0.0273. The van der Waals surface area contributed by atoms with Crippen molar-refractivity contribution in [3.8, 4) is 11.3 Å². The molecule has 2 aromatic heterocycles. The van der Waals surface area contributed by atoms with Crippen LogP contribution in [-0.4, -0.2) is 51.6 Å². The number of rotatable bonds is 4. The first kappa shape index (κ1) is 21.5. The van der Waals surface area contributed by atoms with Crippen LogP contribution in [0.1, 0.15) is 35.7 Å². The molecule has 0 radical (unpaired) electrons. The highest BCUT2D eigenvalue weighted by Gasteiger charge is 2.25. The Labute approximate surface area is 198 Å². The van der Waals surface area contributed by atoms with Crippen LogP contribution in [0.15, 0.2) is 67.0 Å². The standard InChI is InChI=1S/C26H26ClN5O/c1-18(2)19-3-5-20(6-4-19)24-11-12-28-25-23(17-29-32(24)25)26(33)31-15-13-30(14-16-31)22-9-7-21(27)8-10-22/h3-12,17-18H,13-16H2,1-2H3. The lowest BCUT2D eigenvalue weighted by Gasteiger charge is -2.36. The van der Waals surface area contributed by atoms with Crippen molar-refractivity contribution in [1.29, 1.82) is 0 Å². The number of halogens is 1. The molecule has 168 valence electrons. The van der Waals surface area contributed by atoms with Crippen molar-refractivity contribution in [3.63, 3.8) is 0 Å². The average Bonchev–Trinajstić information content (AvgIpc) is 3.29. The lowest BCUT2D eigenvalue weighted by molar-refractivity contribution is 0.0748. The van der Waals surface area contributed by atoms with E-state index in [0.29, 0.717) is 30.2 Å². The molecule has 0 N–H and O–H groups in total. The largest absolute Gasteiger partial charge is 0.368 e. The van der Waals surface area contributed by atoms with E-state index in [-0.39, 0.29) is 5.91 Å². The van der Waals surface area contributed by atoms with Crippen LogP contribution >= 0.6 is 11.6 Å². The summed E-state index contributed by atoms with van der Waals surface area (Å²) in [6, 6.07) is 18.2. The van der Waals surface area contributed by atoms with Gasteiger partial charge in [0.15, 0.2) is 5.65 Å². The lowest BCUT2D eigenvalue weighted by atomic mass is 10.0. The maximum atomic E-state index is 13.3. The molecule has 6 nitrogen and oxygen atoms in total. The molecule has 33 heavy (non-hydrogen) atoms. The average molecular weight is 460 g/mol. The molecule has 1 aliphatic heterocycles. The summed E-state index contributed by atoms with van der Waals surface area (Å²) in [6.07, 6.45) is 3.39. The molecule has 0 spiro atoms. The Balaban J connectivity index is 1.36. The van der Waals surface area contributed by atoms with Crippen LogP contribution in [0, 0.1) is 0 Å². The Kier molecular flexibility index (Phi) is 5.77. The fourth-order valence-corrected chi connectivity index (χ4v) is 4.42. The number of aromatic nitrogens is 3. The second kappa shape index (κ2) is 8.87. The van der Waals surface area contributed by atoms with Gasteiger partial charge in [-0.15, -0.1) is 0 Å². The van der Waals surface area contributed by atoms with Crippen molar-refractivity contribution in [1.82, 2.24) is 19.5 Å². The van der Waals surface area contributed by atoms with E-state index in [1.165, 1.54) is 5.56 Å². The number of hydrogen-bond donors (Lipinski definition) is 0. The lowest BCUT2D eigenvalue weighted by Crippen LogP contribution is -2.48. The number of nitrogens with zero attached hydrogens (tertiary/aromatic N) is 5. The number of fused-ring (bicyclic) bond motifs is 1. The van der Waals surface area contributed by atoms with Crippen molar-refractivity contribution >= 4 is 28.8 Å². The predicted molar refractivity (Wildman–Crippen MR) is 132 cm³/mol. The molecule has 0 aliphatic carbocycles. The summed E-state index contributed by atoms with van der Waals surface area (Å²) in [7, 11) is 0. The zero-order valence-electron chi connectivity index (χ0n) is 18.8. The number of benzene rings is 2. The van der Waals surface area contributed by atoms with Crippen LogP contribution in [0.2, 0.25) is 5.02 Å². The number of piperazine rings is 1. The Morgan fingerprint density at radius 1 is 0.939 bits per heavy atom. The van der Waals surface area contributed by atoms with Crippen molar-refractivity contribution in [2.45, 2.75) is 19.8 Å². The van der Waals surface area contributed by atoms with Gasteiger partial charge in [0.25, 0.3) is 5.91 Å². The van der Waals surface area contributed by atoms with Crippen LogP contribution in [0.25, 0.3) is 16.9 Å². The van der Waals surface area contributed by atoms with E-state index in [0.717, 1.165) is 35.1 Å². The van der Waals surface area contributed by atoms with Crippen molar-refractivity contribution < 1.29 is 4.79 Å². The first-order chi connectivity index (χ1) is 16.0. The van der Waals surface area contributed by atoms with Crippen LogP contribution in [0.3, 0.4) is 0 Å². The summed E-state index contributed by atoms with van der Waals surface area (Å²) in [6.45, 7) is 7.20. The van der Waals surface area contributed by atoms with Gasteiger partial charge in [-0.3, -0.25) is 4.79 Å². The molecule has 1 amide bonds. The molecule has 0 bridgehead atoms. The molecule has 4 aromatic rings. The Morgan fingerprint density at radius 2 is 1.64 bits per heavy atom. The van der Waals surface area contributed by atoms with Gasteiger partial charge in [-0.2, -0.15) is 5.10 Å². The van der Waals surface area contributed by atoms with Crippen LogP contribution < -0.4 is 4.90 Å². The van der Waals surface area contributed by atoms with E-state index in [2.05, 4.69) is 53.1 Å². The fraction of sp³-hybridized carbons (Fsp3) is 0.269. The summed E-state index contributed by atoms with van der Waals surface area (Å²) in [5, 5.41) is 5.25. The normalized spacial score (nSPS) is 14.3. The van der Waals surface area contributed by atoms with Gasteiger partial charge >= 0.3 is 0 Å². The highest BCUT2D eigenvalue weighted by atomic mass is 35.5. The maximum Gasteiger partial charge on any atom is 0.259 e. The summed E-state index contributed by atoms with van der Waals surface area (Å²) in [5.74, 6) is 0.450. The van der Waals surface area contributed by atoms with Gasteiger partial charge in [0, 0.05) is 48.6 Å². The second-order valence-corrected chi connectivity index (χ2v) is 9.09. The molecule has 1 fully saturated rings. The highest BCUT2D eigenvalue weighted by Crippen LogP contribution is 2.25. The minimum atomic E-state index is -0.0273. The van der Waals surface area contributed by atoms with Gasteiger partial charge in [-0.05, 0) is 41.8 Å². The van der Waals surface area contributed by atoms with Gasteiger partial charge in [-0.1, -0.05) is 49.7 Å². The Hall–Kier alpha value is -3.38. The zero-order valence-corrected chi connectivity index (χ0v) is 19.5. The molecule has 7 heteroatoms. The van der Waals surface area contributed by atoms with Crippen LogP contribution in [0.4, 0.5) is 5.69 Å². The first-order valence-corrected chi connectivity index (χ1v) is 11.6. The van der Waals surface area contributed by atoms with E-state index in [1.54, 1.807) is 16.9 Å². The summed E-state index contributed by atoms with van der Waals surface area (Å²) in [5.41, 5.74) is 5.50. The second-order valence-electron chi connectivity index (χ2n) is 8.66. The van der Waals surface area contributed by atoms with E-state index in [1.807, 2.05) is 35.2 Å². The van der Waals surface area contributed by atoms with Crippen molar-refractivity contribution in [2.24, 2.45) is 0 Å². The third-order valence-corrected chi connectivity index (χ3v) is 6.52. The number of hydrogen-bond acceptors (Lipinski definition) is 4. The molecular formula is C26H26ClN5O. The van der Waals surface area contributed by atoms with Gasteiger partial charge < -0.3 is 9.80 Å². The summed E-state index contributed by atoms with van der Waals surface area (Å²) in [4.78, 5) is 22.0. The molecule has 1 saturated heterocycles. The monoisotopic (exact) mass is 459 g/mol. The van der Waals surface area contributed by atoms with Gasteiger partial charge in [0.2, 0.25) is 0 Å². The molecular weight excluding hydrogens is 434 g/mol. The molecule has 0 saturated carbocycles. The molecule has 0 unspecified atom stereocenters. The summed E-state index contributed by atoms with van der Waals surface area (Å²) < 4.78 is 1.77. The SMILES string of the molecule is CC(C)c1ccc(-c2ccnc3c(C(=O)N4CCN(c5ccc(Cl)cc5)CC4)cnn23)cc1. The van der Waals surface area contributed by atoms with Gasteiger partial charge in [-0.25, -0.2) is 9.50 Å². The smallest absolute Gasteiger partial charge is 0.259 e. The summed E-state index contributed by atoms with van der Waals surface area (Å²) >= 11 is 6.00. The van der Waals surface area contributed by atoms with E-state index in [9.17, 15) is 4.79 Å². The topological polar surface area (TPSA) is 53.7 Å². The molecule has 5 rings (SSSR count). The van der Waals surface area contributed by atoms with E-state index in [4.69, 9.17) is 11.6 Å². The zero-order chi connectivity index (χ0) is 22.9. The van der Waals surface area contributed by atoms with Crippen molar-refractivity contribution in [3.05, 3.63) is 83.1 Å². The molecule has 3 heterocycles. The predicted octanol–water partition coefficient (Wildman–Crippen LogP) is 5.14.